The van der Waals surface area contributed by atoms with Gasteiger partial charge in [-0.15, -0.1) is 0 Å². The van der Waals surface area contributed by atoms with Gasteiger partial charge >= 0.3 is 6.03 Å². The van der Waals surface area contributed by atoms with Gasteiger partial charge in [0.15, 0.2) is 0 Å². The lowest BCUT2D eigenvalue weighted by Crippen LogP contribution is -2.29. The number of urea groups is 1. The Morgan fingerprint density at radius 2 is 1.68 bits per heavy atom. The Kier molecular flexibility index (Phi) is 6.26. The van der Waals surface area contributed by atoms with Crippen LogP contribution in [-0.4, -0.2) is 26.3 Å². The molecule has 0 heterocycles. The average Bonchev–Trinajstić information content (AvgIpc) is 2.54. The fourth-order valence-corrected chi connectivity index (χ4v) is 1.82. The lowest BCUT2D eigenvalue weighted by molar-refractivity contribution is 0.194. The summed E-state index contributed by atoms with van der Waals surface area (Å²) in [4.78, 5) is 11.7. The fraction of sp³-hybridized carbons (Fsp3) is 0.235. The van der Waals surface area contributed by atoms with E-state index < -0.39 is 0 Å². The molecule has 0 aromatic heterocycles. The van der Waals surface area contributed by atoms with E-state index in [0.29, 0.717) is 18.8 Å². The molecule has 0 aliphatic rings. The number of nitrogens with one attached hydrogen (secondary N) is 2. The molecule has 0 atom stereocenters. The summed E-state index contributed by atoms with van der Waals surface area (Å²) in [6, 6.07) is 16.5. The van der Waals surface area contributed by atoms with Crippen molar-refractivity contribution in [1.82, 2.24) is 5.32 Å². The third-order valence-corrected chi connectivity index (χ3v) is 2.90. The third-order valence-electron chi connectivity index (χ3n) is 2.90. The van der Waals surface area contributed by atoms with Gasteiger partial charge in [-0.05, 0) is 42.8 Å². The Balaban J connectivity index is 1.80. The van der Waals surface area contributed by atoms with Crippen molar-refractivity contribution in [2.24, 2.45) is 0 Å². The second-order valence-corrected chi connectivity index (χ2v) is 4.67. The molecule has 0 saturated heterocycles. The van der Waals surface area contributed by atoms with Crippen LogP contribution >= 0.6 is 0 Å². The molecule has 2 N–H and O–H groups in total. The smallest absolute Gasteiger partial charge is 0.319 e. The van der Waals surface area contributed by atoms with E-state index in [9.17, 15) is 4.79 Å². The van der Waals surface area contributed by atoms with E-state index in [0.717, 1.165) is 17.9 Å². The molecule has 0 aliphatic heterocycles. The van der Waals surface area contributed by atoms with Crippen LogP contribution in [0.25, 0.3) is 0 Å². The average molecular weight is 300 g/mol. The highest BCUT2D eigenvalue weighted by Gasteiger charge is 2.02. The molecule has 0 saturated carbocycles. The first kappa shape index (κ1) is 15.9. The number of rotatable bonds is 7. The number of ether oxygens (including phenoxy) is 2. The Morgan fingerprint density at radius 3 is 2.36 bits per heavy atom. The van der Waals surface area contributed by atoms with Crippen LogP contribution in [-0.2, 0) is 4.74 Å². The van der Waals surface area contributed by atoms with Crippen LogP contribution in [0.4, 0.5) is 10.5 Å². The van der Waals surface area contributed by atoms with Gasteiger partial charge in [-0.1, -0.05) is 18.2 Å². The number of para-hydroxylation sites is 1. The summed E-state index contributed by atoms with van der Waals surface area (Å²) in [5.41, 5.74) is 0.713. The second-order valence-electron chi connectivity index (χ2n) is 4.67. The molecule has 116 valence electrons. The van der Waals surface area contributed by atoms with Crippen molar-refractivity contribution in [2.45, 2.75) is 6.42 Å². The standard InChI is InChI=1S/C17H20N2O3/c1-21-13-5-12-18-17(20)19-14-8-10-16(11-9-14)22-15-6-3-2-4-7-15/h2-4,6-11H,5,12-13H2,1H3,(H2,18,19,20). The summed E-state index contributed by atoms with van der Waals surface area (Å²) in [7, 11) is 1.64. The molecule has 2 aromatic carbocycles. The summed E-state index contributed by atoms with van der Waals surface area (Å²) in [5, 5.41) is 5.52. The summed E-state index contributed by atoms with van der Waals surface area (Å²) in [5.74, 6) is 1.50. The molecule has 0 unspecified atom stereocenters. The molecule has 5 nitrogen and oxygen atoms in total. The fourth-order valence-electron chi connectivity index (χ4n) is 1.82. The van der Waals surface area contributed by atoms with Crippen molar-refractivity contribution < 1.29 is 14.3 Å². The molecule has 0 bridgehead atoms. The zero-order valence-corrected chi connectivity index (χ0v) is 12.5. The van der Waals surface area contributed by atoms with Crippen molar-refractivity contribution >= 4 is 11.7 Å². The highest BCUT2D eigenvalue weighted by Crippen LogP contribution is 2.22. The van der Waals surface area contributed by atoms with E-state index in [1.807, 2.05) is 42.5 Å². The number of methoxy groups -OCH3 is 1. The van der Waals surface area contributed by atoms with Crippen LogP contribution in [0.5, 0.6) is 11.5 Å². The van der Waals surface area contributed by atoms with Crippen LogP contribution in [0.15, 0.2) is 54.6 Å². The predicted octanol–water partition coefficient (Wildman–Crippen LogP) is 3.64. The molecule has 2 aromatic rings. The maximum Gasteiger partial charge on any atom is 0.319 e. The predicted molar refractivity (Wildman–Crippen MR) is 86.5 cm³/mol. The first-order valence-electron chi connectivity index (χ1n) is 7.14. The highest BCUT2D eigenvalue weighted by atomic mass is 16.5. The quantitative estimate of drug-likeness (QED) is 0.768. The summed E-state index contributed by atoms with van der Waals surface area (Å²) < 4.78 is 10.6. The van der Waals surface area contributed by atoms with Crippen LogP contribution < -0.4 is 15.4 Å². The number of benzene rings is 2. The minimum atomic E-state index is -0.229. The number of carbonyl (C=O) groups is 1. The minimum Gasteiger partial charge on any atom is -0.457 e. The van der Waals surface area contributed by atoms with Gasteiger partial charge in [-0.2, -0.15) is 0 Å². The van der Waals surface area contributed by atoms with Crippen LogP contribution in [0.3, 0.4) is 0 Å². The number of carbonyl (C=O) groups excluding carboxylic acids is 1. The molecule has 5 heteroatoms. The van der Waals surface area contributed by atoms with Crippen molar-refractivity contribution in [3.05, 3.63) is 54.6 Å². The van der Waals surface area contributed by atoms with Gasteiger partial charge in [0.05, 0.1) is 0 Å². The summed E-state index contributed by atoms with van der Waals surface area (Å²) >= 11 is 0. The highest BCUT2D eigenvalue weighted by molar-refractivity contribution is 5.89. The number of amides is 2. The minimum absolute atomic E-state index is 0.229. The first-order chi connectivity index (χ1) is 10.8. The maximum atomic E-state index is 11.7. The van der Waals surface area contributed by atoms with Crippen molar-refractivity contribution in [3.8, 4) is 11.5 Å². The Bertz CT molecular complexity index is 570. The largest absolute Gasteiger partial charge is 0.457 e. The van der Waals surface area contributed by atoms with Gasteiger partial charge in [0.25, 0.3) is 0 Å². The van der Waals surface area contributed by atoms with E-state index in [2.05, 4.69) is 10.6 Å². The monoisotopic (exact) mass is 300 g/mol. The van der Waals surface area contributed by atoms with Gasteiger partial charge in [-0.3, -0.25) is 0 Å². The molecule has 22 heavy (non-hydrogen) atoms. The van der Waals surface area contributed by atoms with E-state index in [1.165, 1.54) is 0 Å². The van der Waals surface area contributed by atoms with E-state index in [-0.39, 0.29) is 6.03 Å². The topological polar surface area (TPSA) is 59.6 Å². The van der Waals surface area contributed by atoms with Crippen molar-refractivity contribution in [2.75, 3.05) is 25.6 Å². The van der Waals surface area contributed by atoms with E-state index in [4.69, 9.17) is 9.47 Å². The van der Waals surface area contributed by atoms with Crippen LogP contribution in [0.2, 0.25) is 0 Å². The zero-order valence-electron chi connectivity index (χ0n) is 12.5. The molecule has 0 spiro atoms. The van der Waals surface area contributed by atoms with E-state index in [1.54, 1.807) is 19.2 Å². The van der Waals surface area contributed by atoms with E-state index >= 15 is 0 Å². The van der Waals surface area contributed by atoms with Crippen LogP contribution in [0, 0.1) is 0 Å². The lowest BCUT2D eigenvalue weighted by Gasteiger charge is -2.09. The molecular weight excluding hydrogens is 280 g/mol. The molecule has 2 rings (SSSR count). The number of hydrogen-bond donors (Lipinski definition) is 2. The SMILES string of the molecule is COCCCNC(=O)Nc1ccc(Oc2ccccc2)cc1. The van der Waals surface area contributed by atoms with Gasteiger partial charge in [0.1, 0.15) is 11.5 Å². The summed E-state index contributed by atoms with van der Waals surface area (Å²) in [6.45, 7) is 1.21. The van der Waals surface area contributed by atoms with Crippen LogP contribution in [0.1, 0.15) is 6.42 Å². The third kappa shape index (κ3) is 5.46. The molecule has 2 amide bonds. The van der Waals surface area contributed by atoms with Crippen molar-refractivity contribution in [3.63, 3.8) is 0 Å². The molecule has 0 aliphatic carbocycles. The zero-order chi connectivity index (χ0) is 15.6. The normalized spacial score (nSPS) is 10.0. The lowest BCUT2D eigenvalue weighted by atomic mass is 10.3. The Hall–Kier alpha value is -2.53. The van der Waals surface area contributed by atoms with Gasteiger partial charge in [-0.25, -0.2) is 4.79 Å². The van der Waals surface area contributed by atoms with Gasteiger partial charge < -0.3 is 20.1 Å². The number of hydrogen-bond acceptors (Lipinski definition) is 3. The van der Waals surface area contributed by atoms with Gasteiger partial charge in [0.2, 0.25) is 0 Å². The first-order valence-corrected chi connectivity index (χ1v) is 7.14. The molecule has 0 radical (unpaired) electrons. The second kappa shape index (κ2) is 8.69. The molecule has 0 fully saturated rings. The Morgan fingerprint density at radius 1 is 1.00 bits per heavy atom. The van der Waals surface area contributed by atoms with Gasteiger partial charge in [0, 0.05) is 25.9 Å². The molecular formula is C17H20N2O3. The summed E-state index contributed by atoms with van der Waals surface area (Å²) in [6.07, 6.45) is 0.785. The van der Waals surface area contributed by atoms with Crippen molar-refractivity contribution in [1.29, 1.82) is 0 Å². The number of anilines is 1. The maximum absolute atomic E-state index is 11.7. The Labute approximate surface area is 130 Å².